The van der Waals surface area contributed by atoms with Crippen LogP contribution in [0.15, 0.2) is 30.5 Å². The number of nitrogens with two attached hydrogens (primary N) is 1. The second kappa shape index (κ2) is 9.00. The van der Waals surface area contributed by atoms with E-state index in [1.165, 1.54) is 12.4 Å². The summed E-state index contributed by atoms with van der Waals surface area (Å²) in [5.74, 6) is 0.203. The Bertz CT molecular complexity index is 441. The van der Waals surface area contributed by atoms with E-state index in [4.69, 9.17) is 16.4 Å². The van der Waals surface area contributed by atoms with Gasteiger partial charge in [0, 0.05) is 24.4 Å². The predicted octanol–water partition coefficient (Wildman–Crippen LogP) is 3.68. The molecule has 1 aromatic carbocycles. The topological polar surface area (TPSA) is 73.7 Å². The monoisotopic (exact) mass is 243 g/mol. The molecule has 18 heavy (non-hydrogen) atoms. The van der Waals surface area contributed by atoms with Crippen molar-refractivity contribution < 1.29 is 0 Å². The van der Waals surface area contributed by atoms with Crippen LogP contribution < -0.4 is 5.73 Å². The largest absolute Gasteiger partial charge is 0.404 e. The molecule has 0 aliphatic heterocycles. The first-order valence-corrected chi connectivity index (χ1v) is 6.12. The van der Waals surface area contributed by atoms with Crippen molar-refractivity contribution in [3.63, 3.8) is 0 Å². The Hall–Kier alpha value is -2.08. The highest BCUT2D eigenvalue weighted by Crippen LogP contribution is 2.22. The SMILES string of the molecule is CC.CC(CC#N)c1cccc(/C(C=N)=C/N)c1. The van der Waals surface area contributed by atoms with E-state index in [0.29, 0.717) is 12.0 Å². The van der Waals surface area contributed by atoms with Gasteiger partial charge >= 0.3 is 0 Å². The van der Waals surface area contributed by atoms with Gasteiger partial charge in [0.25, 0.3) is 0 Å². The van der Waals surface area contributed by atoms with Gasteiger partial charge in [0.1, 0.15) is 0 Å². The summed E-state index contributed by atoms with van der Waals surface area (Å²) in [5.41, 5.74) is 8.13. The van der Waals surface area contributed by atoms with Crippen molar-refractivity contribution in [2.24, 2.45) is 5.73 Å². The summed E-state index contributed by atoms with van der Waals surface area (Å²) in [7, 11) is 0. The zero-order valence-corrected chi connectivity index (χ0v) is 11.3. The Morgan fingerprint density at radius 1 is 1.50 bits per heavy atom. The van der Waals surface area contributed by atoms with Gasteiger partial charge in [0.2, 0.25) is 0 Å². The Kier molecular flexibility index (Phi) is 7.96. The minimum Gasteiger partial charge on any atom is -0.404 e. The second-order valence-corrected chi connectivity index (χ2v) is 3.66. The summed E-state index contributed by atoms with van der Waals surface area (Å²) in [5, 5.41) is 15.9. The maximum atomic E-state index is 8.65. The van der Waals surface area contributed by atoms with Gasteiger partial charge in [0.15, 0.2) is 0 Å². The van der Waals surface area contributed by atoms with Crippen LogP contribution in [0.3, 0.4) is 0 Å². The number of nitriles is 1. The van der Waals surface area contributed by atoms with E-state index in [1.807, 2.05) is 45.0 Å². The highest BCUT2D eigenvalue weighted by molar-refractivity contribution is 6.08. The lowest BCUT2D eigenvalue weighted by Gasteiger charge is -2.09. The number of benzene rings is 1. The van der Waals surface area contributed by atoms with E-state index in [1.54, 1.807) is 0 Å². The Balaban J connectivity index is 0.00000137. The minimum atomic E-state index is 0.203. The molecule has 0 fully saturated rings. The Morgan fingerprint density at radius 2 is 2.17 bits per heavy atom. The molecule has 1 unspecified atom stereocenters. The van der Waals surface area contributed by atoms with Crippen LogP contribution >= 0.6 is 0 Å². The van der Waals surface area contributed by atoms with E-state index >= 15 is 0 Å². The van der Waals surface area contributed by atoms with E-state index in [9.17, 15) is 0 Å². The van der Waals surface area contributed by atoms with Gasteiger partial charge in [-0.2, -0.15) is 5.26 Å². The molecule has 0 aliphatic carbocycles. The van der Waals surface area contributed by atoms with Crippen LogP contribution in [0.1, 0.15) is 44.2 Å². The Morgan fingerprint density at radius 3 is 2.67 bits per heavy atom. The van der Waals surface area contributed by atoms with Gasteiger partial charge in [-0.25, -0.2) is 0 Å². The van der Waals surface area contributed by atoms with Gasteiger partial charge in [0.05, 0.1) is 6.07 Å². The molecule has 3 N–H and O–H groups in total. The molecule has 0 spiro atoms. The number of rotatable bonds is 4. The fourth-order valence-electron chi connectivity index (χ4n) is 1.51. The fourth-order valence-corrected chi connectivity index (χ4v) is 1.51. The lowest BCUT2D eigenvalue weighted by molar-refractivity contribution is 0.789. The first-order chi connectivity index (χ1) is 8.72. The number of nitrogens with zero attached hydrogens (tertiary/aromatic N) is 1. The van der Waals surface area contributed by atoms with Crippen LogP contribution in [-0.4, -0.2) is 6.21 Å². The summed E-state index contributed by atoms with van der Waals surface area (Å²) in [6, 6.07) is 9.96. The molecule has 0 radical (unpaired) electrons. The molecule has 0 saturated heterocycles. The number of allylic oxidation sites excluding steroid dienone is 1. The van der Waals surface area contributed by atoms with Crippen LogP contribution in [0.2, 0.25) is 0 Å². The minimum absolute atomic E-state index is 0.203. The summed E-state index contributed by atoms with van der Waals surface area (Å²) < 4.78 is 0. The van der Waals surface area contributed by atoms with Gasteiger partial charge in [-0.15, -0.1) is 0 Å². The summed E-state index contributed by atoms with van der Waals surface area (Å²) >= 11 is 0. The average molecular weight is 243 g/mol. The van der Waals surface area contributed by atoms with E-state index in [-0.39, 0.29) is 5.92 Å². The van der Waals surface area contributed by atoms with Crippen molar-refractivity contribution in [1.29, 1.82) is 10.7 Å². The van der Waals surface area contributed by atoms with Gasteiger partial charge in [-0.05, 0) is 17.0 Å². The van der Waals surface area contributed by atoms with E-state index in [2.05, 4.69) is 6.07 Å². The molecule has 0 bridgehead atoms. The van der Waals surface area contributed by atoms with Crippen molar-refractivity contribution in [2.75, 3.05) is 0 Å². The molecule has 3 nitrogen and oxygen atoms in total. The molecule has 0 aliphatic rings. The van der Waals surface area contributed by atoms with Crippen LogP contribution in [0.25, 0.3) is 5.57 Å². The lowest BCUT2D eigenvalue weighted by atomic mass is 9.95. The molecule has 0 amide bonds. The smallest absolute Gasteiger partial charge is 0.0628 e. The summed E-state index contributed by atoms with van der Waals surface area (Å²) in [6.07, 6.45) is 3.14. The first-order valence-electron chi connectivity index (χ1n) is 6.12. The molecule has 0 saturated carbocycles. The van der Waals surface area contributed by atoms with Crippen molar-refractivity contribution in [1.82, 2.24) is 0 Å². The molecule has 1 atom stereocenters. The maximum Gasteiger partial charge on any atom is 0.0628 e. The number of hydrogen-bond donors (Lipinski definition) is 2. The molecule has 0 aromatic heterocycles. The molecule has 3 heteroatoms. The molecule has 1 aromatic rings. The zero-order chi connectivity index (χ0) is 14.0. The van der Waals surface area contributed by atoms with Crippen LogP contribution in [0.5, 0.6) is 0 Å². The second-order valence-electron chi connectivity index (χ2n) is 3.66. The number of nitrogens with one attached hydrogen (secondary N) is 1. The molecular formula is C15H21N3. The fraction of sp³-hybridized carbons (Fsp3) is 0.333. The zero-order valence-electron chi connectivity index (χ0n) is 11.3. The van der Waals surface area contributed by atoms with Crippen LogP contribution in [0, 0.1) is 16.7 Å². The molecular weight excluding hydrogens is 222 g/mol. The van der Waals surface area contributed by atoms with Crippen molar-refractivity contribution in [3.8, 4) is 6.07 Å². The van der Waals surface area contributed by atoms with Crippen molar-refractivity contribution >= 4 is 11.8 Å². The molecule has 1 rings (SSSR count). The maximum absolute atomic E-state index is 8.65. The summed E-state index contributed by atoms with van der Waals surface area (Å²) in [4.78, 5) is 0. The Labute approximate surface area is 109 Å². The molecule has 0 heterocycles. The third-order valence-electron chi connectivity index (χ3n) is 2.52. The van der Waals surface area contributed by atoms with Crippen molar-refractivity contribution in [3.05, 3.63) is 41.6 Å². The third-order valence-corrected chi connectivity index (χ3v) is 2.52. The van der Waals surface area contributed by atoms with Crippen molar-refractivity contribution in [2.45, 2.75) is 33.1 Å². The normalized spacial score (nSPS) is 11.8. The predicted molar refractivity (Wildman–Crippen MR) is 77.4 cm³/mol. The highest BCUT2D eigenvalue weighted by Gasteiger charge is 2.06. The third kappa shape index (κ3) is 4.42. The van der Waals surface area contributed by atoms with Gasteiger partial charge in [-0.1, -0.05) is 45.0 Å². The standard InChI is InChI=1S/C13H15N3.C2H6/c1-10(5-6-14)11-3-2-4-12(7-11)13(8-15)9-16;1-2/h2-4,7-10,15H,5,16H2,1H3;1-2H3/b13-9+,15-8?;. The van der Waals surface area contributed by atoms with Gasteiger partial charge < -0.3 is 11.1 Å². The quantitative estimate of drug-likeness (QED) is 0.792. The highest BCUT2D eigenvalue weighted by atomic mass is 14.5. The first kappa shape index (κ1) is 15.9. The average Bonchev–Trinajstić information content (AvgIpc) is 2.43. The van der Waals surface area contributed by atoms with Crippen LogP contribution in [0.4, 0.5) is 0 Å². The number of hydrogen-bond acceptors (Lipinski definition) is 3. The summed E-state index contributed by atoms with van der Waals surface area (Å²) in [6.45, 7) is 6.01. The van der Waals surface area contributed by atoms with E-state index < -0.39 is 0 Å². The molecule has 96 valence electrons. The van der Waals surface area contributed by atoms with E-state index in [0.717, 1.165) is 11.1 Å². The lowest BCUT2D eigenvalue weighted by Crippen LogP contribution is -1.95. The van der Waals surface area contributed by atoms with Gasteiger partial charge in [-0.3, -0.25) is 0 Å². The van der Waals surface area contributed by atoms with Crippen LogP contribution in [-0.2, 0) is 0 Å².